The lowest BCUT2D eigenvalue weighted by atomic mass is 9.93. The van der Waals surface area contributed by atoms with Gasteiger partial charge >= 0.3 is 0 Å². The Bertz CT molecular complexity index is 914. The Kier molecular flexibility index (Phi) is 5.86. The number of benzene rings is 2. The van der Waals surface area contributed by atoms with Gasteiger partial charge in [-0.25, -0.2) is 0 Å². The summed E-state index contributed by atoms with van der Waals surface area (Å²) in [5.41, 5.74) is 3.34. The van der Waals surface area contributed by atoms with Gasteiger partial charge in [0.05, 0.1) is 19.1 Å². The van der Waals surface area contributed by atoms with E-state index in [2.05, 4.69) is 6.07 Å². The van der Waals surface area contributed by atoms with Gasteiger partial charge < -0.3 is 19.1 Å². The number of fused-ring (bicyclic) bond motifs is 2. The van der Waals surface area contributed by atoms with Crippen molar-refractivity contribution < 1.29 is 19.0 Å². The van der Waals surface area contributed by atoms with Crippen LogP contribution in [0.25, 0.3) is 0 Å². The summed E-state index contributed by atoms with van der Waals surface area (Å²) in [6.45, 7) is 6.78. The SMILES string of the molecule is CCOc1cc2c(cc1OCC)CN(C(=O)[C@@H]1COc3ccc(Cl)cc3C1)CC2. The summed E-state index contributed by atoms with van der Waals surface area (Å²) < 4.78 is 17.3. The highest BCUT2D eigenvalue weighted by Gasteiger charge is 2.32. The monoisotopic (exact) mass is 415 g/mol. The first-order valence-electron chi connectivity index (χ1n) is 10.2. The Balaban J connectivity index is 1.50. The minimum Gasteiger partial charge on any atom is -0.492 e. The zero-order valence-electron chi connectivity index (χ0n) is 16.9. The molecule has 0 aromatic heterocycles. The molecule has 0 bridgehead atoms. The summed E-state index contributed by atoms with van der Waals surface area (Å²) in [5.74, 6) is 2.30. The second kappa shape index (κ2) is 8.54. The van der Waals surface area contributed by atoms with E-state index >= 15 is 0 Å². The molecule has 0 spiro atoms. The maximum Gasteiger partial charge on any atom is 0.229 e. The molecule has 0 unspecified atom stereocenters. The van der Waals surface area contributed by atoms with Crippen molar-refractivity contribution in [1.29, 1.82) is 0 Å². The molecule has 0 N–H and O–H groups in total. The molecule has 6 heteroatoms. The topological polar surface area (TPSA) is 48.0 Å². The zero-order chi connectivity index (χ0) is 20.4. The van der Waals surface area contributed by atoms with Gasteiger partial charge in [0.25, 0.3) is 0 Å². The van der Waals surface area contributed by atoms with E-state index in [4.69, 9.17) is 25.8 Å². The predicted octanol–water partition coefficient (Wildman–Crippen LogP) is 4.27. The minimum atomic E-state index is -0.184. The largest absolute Gasteiger partial charge is 0.492 e. The molecule has 4 rings (SSSR count). The van der Waals surface area contributed by atoms with Gasteiger partial charge in [0.2, 0.25) is 5.91 Å². The van der Waals surface area contributed by atoms with Crippen LogP contribution in [0.4, 0.5) is 0 Å². The molecule has 0 fully saturated rings. The van der Waals surface area contributed by atoms with Crippen LogP contribution in [0.5, 0.6) is 17.2 Å². The van der Waals surface area contributed by atoms with Crippen molar-refractivity contribution in [2.45, 2.75) is 33.2 Å². The summed E-state index contributed by atoms with van der Waals surface area (Å²) in [6, 6.07) is 9.67. The van der Waals surface area contributed by atoms with E-state index in [0.29, 0.717) is 44.4 Å². The number of nitrogens with zero attached hydrogens (tertiary/aromatic N) is 1. The molecule has 2 aromatic carbocycles. The van der Waals surface area contributed by atoms with Crippen LogP contribution in [-0.2, 0) is 24.2 Å². The molecular formula is C23H26ClNO4. The van der Waals surface area contributed by atoms with Crippen LogP contribution in [0.15, 0.2) is 30.3 Å². The van der Waals surface area contributed by atoms with Gasteiger partial charge in [0.1, 0.15) is 12.4 Å². The van der Waals surface area contributed by atoms with Crippen molar-refractivity contribution in [3.8, 4) is 17.2 Å². The average molecular weight is 416 g/mol. The molecule has 5 nitrogen and oxygen atoms in total. The summed E-state index contributed by atoms with van der Waals surface area (Å²) in [5, 5.41) is 0.668. The zero-order valence-corrected chi connectivity index (χ0v) is 17.6. The van der Waals surface area contributed by atoms with Crippen molar-refractivity contribution in [2.75, 3.05) is 26.4 Å². The first-order chi connectivity index (χ1) is 14.1. The molecule has 154 valence electrons. The molecule has 2 heterocycles. The number of carbonyl (C=O) groups is 1. The average Bonchev–Trinajstić information content (AvgIpc) is 2.73. The fourth-order valence-electron chi connectivity index (χ4n) is 4.07. The molecule has 0 saturated heterocycles. The summed E-state index contributed by atoms with van der Waals surface area (Å²) in [7, 11) is 0. The molecule has 2 aliphatic rings. The second-order valence-corrected chi connectivity index (χ2v) is 7.84. The first-order valence-corrected chi connectivity index (χ1v) is 10.6. The molecule has 1 amide bonds. The van der Waals surface area contributed by atoms with Crippen LogP contribution in [0.3, 0.4) is 0 Å². The fourth-order valence-corrected chi connectivity index (χ4v) is 4.26. The Hall–Kier alpha value is -2.40. The number of halogens is 1. The maximum absolute atomic E-state index is 13.2. The Morgan fingerprint density at radius 2 is 1.83 bits per heavy atom. The van der Waals surface area contributed by atoms with Gasteiger partial charge in [-0.2, -0.15) is 0 Å². The second-order valence-electron chi connectivity index (χ2n) is 7.41. The van der Waals surface area contributed by atoms with Crippen LogP contribution >= 0.6 is 11.6 Å². The van der Waals surface area contributed by atoms with Gasteiger partial charge in [-0.15, -0.1) is 0 Å². The van der Waals surface area contributed by atoms with Gasteiger partial charge in [0, 0.05) is 18.1 Å². The predicted molar refractivity (Wildman–Crippen MR) is 112 cm³/mol. The Labute approximate surface area is 176 Å². The van der Waals surface area contributed by atoms with Crippen molar-refractivity contribution in [3.05, 3.63) is 52.0 Å². The van der Waals surface area contributed by atoms with Crippen LogP contribution in [-0.4, -0.2) is 37.2 Å². The number of carbonyl (C=O) groups excluding carboxylic acids is 1. The van der Waals surface area contributed by atoms with E-state index in [1.54, 1.807) is 0 Å². The van der Waals surface area contributed by atoms with Crippen LogP contribution in [0.1, 0.15) is 30.5 Å². The van der Waals surface area contributed by atoms with E-state index in [1.165, 1.54) is 5.56 Å². The van der Waals surface area contributed by atoms with Crippen molar-refractivity contribution in [3.63, 3.8) is 0 Å². The minimum absolute atomic E-state index is 0.133. The highest BCUT2D eigenvalue weighted by Crippen LogP contribution is 2.35. The standard InChI is InChI=1S/C23H26ClNO4/c1-3-27-21-11-15-7-8-25(13-17(15)12-22(21)28-4-2)23(26)18-9-16-10-19(24)5-6-20(16)29-14-18/h5-6,10-12,18H,3-4,7-9,13-14H2,1-2H3/t18-/m0/s1. The molecule has 2 aliphatic heterocycles. The third-order valence-electron chi connectivity index (χ3n) is 5.47. The van der Waals surface area contributed by atoms with Gasteiger partial charge in [-0.3, -0.25) is 4.79 Å². The van der Waals surface area contributed by atoms with Crippen LogP contribution < -0.4 is 14.2 Å². The highest BCUT2D eigenvalue weighted by atomic mass is 35.5. The van der Waals surface area contributed by atoms with Crippen LogP contribution in [0.2, 0.25) is 5.02 Å². The van der Waals surface area contributed by atoms with Gasteiger partial charge in [0.15, 0.2) is 11.5 Å². The molecular weight excluding hydrogens is 390 g/mol. The van der Waals surface area contributed by atoms with Gasteiger partial charge in [-0.1, -0.05) is 11.6 Å². The summed E-state index contributed by atoms with van der Waals surface area (Å²) in [4.78, 5) is 15.1. The fraction of sp³-hybridized carbons (Fsp3) is 0.435. The van der Waals surface area contributed by atoms with Crippen molar-refractivity contribution in [1.82, 2.24) is 4.90 Å². The van der Waals surface area contributed by atoms with E-state index in [9.17, 15) is 4.79 Å². The molecule has 0 aliphatic carbocycles. The number of amides is 1. The normalized spacial score (nSPS) is 17.8. The third kappa shape index (κ3) is 4.15. The van der Waals surface area contributed by atoms with E-state index in [1.807, 2.05) is 43.0 Å². The third-order valence-corrected chi connectivity index (χ3v) is 5.70. The Morgan fingerprint density at radius 1 is 1.10 bits per heavy atom. The number of hydrogen-bond acceptors (Lipinski definition) is 4. The highest BCUT2D eigenvalue weighted by molar-refractivity contribution is 6.30. The van der Waals surface area contributed by atoms with Gasteiger partial charge in [-0.05, 0) is 73.7 Å². The van der Waals surface area contributed by atoms with E-state index in [0.717, 1.165) is 34.8 Å². The lowest BCUT2D eigenvalue weighted by molar-refractivity contribution is -0.137. The van der Waals surface area contributed by atoms with Crippen LogP contribution in [0, 0.1) is 5.92 Å². The quantitative estimate of drug-likeness (QED) is 0.731. The summed E-state index contributed by atoms with van der Waals surface area (Å²) in [6.07, 6.45) is 1.47. The Morgan fingerprint density at radius 3 is 2.55 bits per heavy atom. The van der Waals surface area contributed by atoms with Crippen molar-refractivity contribution >= 4 is 17.5 Å². The lowest BCUT2D eigenvalue weighted by Crippen LogP contribution is -2.43. The van der Waals surface area contributed by atoms with E-state index < -0.39 is 0 Å². The van der Waals surface area contributed by atoms with Crippen molar-refractivity contribution in [2.24, 2.45) is 5.92 Å². The molecule has 1 atom stereocenters. The maximum atomic E-state index is 13.2. The number of rotatable bonds is 5. The molecule has 0 saturated carbocycles. The van der Waals surface area contributed by atoms with E-state index in [-0.39, 0.29) is 11.8 Å². The molecule has 2 aromatic rings. The summed E-state index contributed by atoms with van der Waals surface area (Å²) >= 11 is 6.11. The first kappa shape index (κ1) is 19.9. The smallest absolute Gasteiger partial charge is 0.229 e. The number of hydrogen-bond donors (Lipinski definition) is 0. The number of ether oxygens (including phenoxy) is 3. The molecule has 29 heavy (non-hydrogen) atoms. The lowest BCUT2D eigenvalue weighted by Gasteiger charge is -2.34. The molecule has 0 radical (unpaired) electrons.